The highest BCUT2D eigenvalue weighted by Crippen LogP contribution is 1.96. The summed E-state index contributed by atoms with van der Waals surface area (Å²) in [6.45, 7) is 0. The monoisotopic (exact) mass is 146 g/mol. The van der Waals surface area contributed by atoms with E-state index in [0.29, 0.717) is 0 Å². The Labute approximate surface area is 59.3 Å². The van der Waals surface area contributed by atoms with Gasteiger partial charge in [0.2, 0.25) is 0 Å². The Morgan fingerprint density at radius 3 is 2.33 bits per heavy atom. The topological polar surface area (TPSA) is 18.5 Å². The quantitative estimate of drug-likeness (QED) is 0.406. The first-order chi connectivity index (χ1) is 4.35. The molecule has 2 nitrogen and oxygen atoms in total. The van der Waals surface area contributed by atoms with Crippen molar-refractivity contribution in [2.75, 3.05) is 14.2 Å². The second kappa shape index (κ2) is 6.00. The summed E-state index contributed by atoms with van der Waals surface area (Å²) < 4.78 is 9.89. The van der Waals surface area contributed by atoms with Crippen molar-refractivity contribution >= 4 is 10.2 Å². The zero-order valence-corrected chi connectivity index (χ0v) is 8.26. The van der Waals surface area contributed by atoms with Gasteiger partial charge in [-0.2, -0.15) is 0 Å². The van der Waals surface area contributed by atoms with Crippen LogP contribution < -0.4 is 0 Å². The molecule has 0 aromatic carbocycles. The fraction of sp³-hybridized carbons (Fsp3) is 0.667. The van der Waals surface area contributed by atoms with Gasteiger partial charge in [-0.05, 0) is 0 Å². The van der Waals surface area contributed by atoms with E-state index in [1.807, 2.05) is 0 Å². The zero-order valence-electron chi connectivity index (χ0n) is 6.26. The van der Waals surface area contributed by atoms with Gasteiger partial charge in [0.1, 0.15) is 0 Å². The van der Waals surface area contributed by atoms with Gasteiger partial charge in [-0.25, -0.2) is 0 Å². The Kier molecular flexibility index (Phi) is 5.92. The first-order valence-electron chi connectivity index (χ1n) is 3.02. The molecule has 0 fully saturated rings. The van der Waals surface area contributed by atoms with Crippen molar-refractivity contribution in [1.82, 2.24) is 0 Å². The van der Waals surface area contributed by atoms with Crippen molar-refractivity contribution < 1.29 is 9.47 Å². The Morgan fingerprint density at radius 2 is 2.00 bits per heavy atom. The molecule has 0 N–H and O–H groups in total. The smallest absolute Gasteiger partial charge is 0.160 e. The molecule has 0 saturated heterocycles. The largest absolute Gasteiger partial charge is 0.356 e. The summed E-state index contributed by atoms with van der Waals surface area (Å²) in [5.41, 5.74) is 2.12. The van der Waals surface area contributed by atoms with Gasteiger partial charge in [-0.1, -0.05) is 6.08 Å². The molecule has 54 valence electrons. The van der Waals surface area contributed by atoms with Crippen LogP contribution in [0.4, 0.5) is 0 Å². The van der Waals surface area contributed by atoms with Crippen LogP contribution >= 0.6 is 0 Å². The maximum atomic E-state index is 4.94. The predicted molar refractivity (Wildman–Crippen MR) is 41.5 cm³/mol. The van der Waals surface area contributed by atoms with Crippen LogP contribution in [-0.4, -0.2) is 30.8 Å². The van der Waals surface area contributed by atoms with Crippen LogP contribution in [0.5, 0.6) is 0 Å². The first kappa shape index (κ1) is 8.88. The number of methoxy groups -OCH3 is 2. The SMILES string of the molecule is COC(CC=C[SiH3])OC. The molecule has 0 aromatic rings. The van der Waals surface area contributed by atoms with E-state index in [-0.39, 0.29) is 6.29 Å². The van der Waals surface area contributed by atoms with E-state index in [1.54, 1.807) is 14.2 Å². The molecule has 0 aromatic heterocycles. The summed E-state index contributed by atoms with van der Waals surface area (Å²) in [6.07, 6.45) is 2.87. The van der Waals surface area contributed by atoms with Crippen molar-refractivity contribution in [2.45, 2.75) is 12.7 Å². The van der Waals surface area contributed by atoms with Crippen molar-refractivity contribution in [3.05, 3.63) is 11.8 Å². The third-order valence-electron chi connectivity index (χ3n) is 1.09. The molecule has 0 aliphatic rings. The molecule has 0 spiro atoms. The molecule has 9 heavy (non-hydrogen) atoms. The van der Waals surface area contributed by atoms with E-state index >= 15 is 0 Å². The van der Waals surface area contributed by atoms with Gasteiger partial charge in [0, 0.05) is 30.9 Å². The van der Waals surface area contributed by atoms with Crippen LogP contribution in [0.15, 0.2) is 11.8 Å². The van der Waals surface area contributed by atoms with Gasteiger partial charge in [-0.15, -0.1) is 5.70 Å². The Bertz CT molecular complexity index is 79.1. The molecule has 3 heteroatoms. The lowest BCUT2D eigenvalue weighted by atomic mass is 10.4. The minimum absolute atomic E-state index is 0.0600. The van der Waals surface area contributed by atoms with E-state index in [1.165, 1.54) is 0 Å². The highest BCUT2D eigenvalue weighted by atomic mass is 28.1. The van der Waals surface area contributed by atoms with Gasteiger partial charge in [0.15, 0.2) is 6.29 Å². The maximum absolute atomic E-state index is 4.94. The maximum Gasteiger partial charge on any atom is 0.160 e. The van der Waals surface area contributed by atoms with Crippen LogP contribution in [-0.2, 0) is 9.47 Å². The minimum Gasteiger partial charge on any atom is -0.356 e. The molecule has 0 rings (SSSR count). The highest BCUT2D eigenvalue weighted by molar-refractivity contribution is 6.16. The van der Waals surface area contributed by atoms with Crippen LogP contribution in [0.3, 0.4) is 0 Å². The van der Waals surface area contributed by atoms with Crippen molar-refractivity contribution in [1.29, 1.82) is 0 Å². The Morgan fingerprint density at radius 1 is 1.44 bits per heavy atom. The molecular weight excluding hydrogens is 132 g/mol. The van der Waals surface area contributed by atoms with Crippen LogP contribution in [0, 0.1) is 0 Å². The molecule has 0 heterocycles. The molecule has 0 saturated carbocycles. The van der Waals surface area contributed by atoms with E-state index in [4.69, 9.17) is 9.47 Å². The van der Waals surface area contributed by atoms with Crippen LogP contribution in [0.2, 0.25) is 0 Å². The average molecular weight is 146 g/mol. The van der Waals surface area contributed by atoms with Gasteiger partial charge >= 0.3 is 0 Å². The molecule has 0 amide bonds. The van der Waals surface area contributed by atoms with Crippen molar-refractivity contribution in [3.8, 4) is 0 Å². The number of hydrogen-bond donors (Lipinski definition) is 0. The minimum atomic E-state index is -0.0600. The van der Waals surface area contributed by atoms with Crippen molar-refractivity contribution in [2.24, 2.45) is 0 Å². The standard InChI is InChI=1S/C6H14O2Si/c1-7-6(8-2)4-3-5-9/h3,5-6H,4H2,1-2,9H3. The molecule has 0 aliphatic heterocycles. The third kappa shape index (κ3) is 4.38. The van der Waals surface area contributed by atoms with Gasteiger partial charge in [0.05, 0.1) is 0 Å². The van der Waals surface area contributed by atoms with Gasteiger partial charge in [0.25, 0.3) is 0 Å². The van der Waals surface area contributed by atoms with E-state index in [9.17, 15) is 0 Å². The number of ether oxygens (including phenoxy) is 2. The average Bonchev–Trinajstić information content (AvgIpc) is 1.91. The highest BCUT2D eigenvalue weighted by Gasteiger charge is 1.98. The summed E-state index contributed by atoms with van der Waals surface area (Å²) in [5.74, 6) is 0. The number of rotatable bonds is 4. The summed E-state index contributed by atoms with van der Waals surface area (Å²) in [4.78, 5) is 0. The van der Waals surface area contributed by atoms with Gasteiger partial charge in [-0.3, -0.25) is 0 Å². The fourth-order valence-electron chi connectivity index (χ4n) is 0.536. The third-order valence-corrected chi connectivity index (χ3v) is 1.56. The summed E-state index contributed by atoms with van der Waals surface area (Å²) in [6, 6.07) is 0. The number of hydrogen-bond acceptors (Lipinski definition) is 2. The molecule has 0 radical (unpaired) electrons. The molecule has 0 bridgehead atoms. The lowest BCUT2D eigenvalue weighted by Crippen LogP contribution is -2.10. The van der Waals surface area contributed by atoms with E-state index < -0.39 is 0 Å². The van der Waals surface area contributed by atoms with E-state index in [2.05, 4.69) is 11.8 Å². The molecule has 0 atom stereocenters. The lowest BCUT2D eigenvalue weighted by molar-refractivity contribution is -0.0985. The predicted octanol–water partition coefficient (Wildman–Crippen LogP) is -0.126. The van der Waals surface area contributed by atoms with Gasteiger partial charge < -0.3 is 9.47 Å². The van der Waals surface area contributed by atoms with E-state index in [0.717, 1.165) is 16.7 Å². The summed E-state index contributed by atoms with van der Waals surface area (Å²) in [5, 5.41) is 0. The second-order valence-corrected chi connectivity index (χ2v) is 2.37. The second-order valence-electron chi connectivity index (χ2n) is 1.71. The van der Waals surface area contributed by atoms with Crippen LogP contribution in [0.1, 0.15) is 6.42 Å². The first-order valence-corrected chi connectivity index (χ1v) is 4.17. The Balaban J connectivity index is 3.31. The lowest BCUT2D eigenvalue weighted by Gasteiger charge is -2.09. The normalized spacial score (nSPS) is 11.9. The van der Waals surface area contributed by atoms with Crippen LogP contribution in [0.25, 0.3) is 0 Å². The summed E-state index contributed by atoms with van der Waals surface area (Å²) >= 11 is 0. The zero-order chi connectivity index (χ0) is 7.11. The summed E-state index contributed by atoms with van der Waals surface area (Å²) in [7, 11) is 4.40. The fourth-order valence-corrected chi connectivity index (χ4v) is 0.808. The molecular formula is C6H14O2Si. The molecule has 0 aliphatic carbocycles. The molecule has 0 unspecified atom stereocenters. The Hall–Kier alpha value is -0.123. The van der Waals surface area contributed by atoms with Crippen molar-refractivity contribution in [3.63, 3.8) is 0 Å².